The van der Waals surface area contributed by atoms with E-state index >= 15 is 0 Å². The van der Waals surface area contributed by atoms with Crippen molar-refractivity contribution in [1.82, 2.24) is 4.98 Å². The first-order chi connectivity index (χ1) is 9.75. The highest BCUT2D eigenvalue weighted by Crippen LogP contribution is 2.27. The largest absolute Gasteiger partial charge is 0.398 e. The minimum absolute atomic E-state index is 0.229. The van der Waals surface area contributed by atoms with E-state index in [1.165, 1.54) is 6.07 Å². The molecule has 2 aromatic carbocycles. The Morgan fingerprint density at radius 1 is 1.05 bits per heavy atom. The smallest absolute Gasteiger partial charge is 0.136 e. The van der Waals surface area contributed by atoms with Gasteiger partial charge in [0.05, 0.1) is 0 Å². The first-order valence-corrected chi connectivity index (χ1v) is 6.36. The van der Waals surface area contributed by atoms with Crippen molar-refractivity contribution >= 4 is 22.3 Å². The SMILES string of the molecule is Nc1cccc2ccnc(NCc3ccccc3F)c12. The van der Waals surface area contributed by atoms with Gasteiger partial charge in [0.25, 0.3) is 0 Å². The number of nitrogen functional groups attached to an aromatic ring is 1. The molecule has 3 aromatic rings. The average molecular weight is 267 g/mol. The molecule has 100 valence electrons. The minimum Gasteiger partial charge on any atom is -0.398 e. The second-order valence-corrected chi connectivity index (χ2v) is 4.55. The fraction of sp³-hybridized carbons (Fsp3) is 0.0625. The maximum atomic E-state index is 13.6. The maximum absolute atomic E-state index is 13.6. The summed E-state index contributed by atoms with van der Waals surface area (Å²) in [6, 6.07) is 14.3. The Morgan fingerprint density at radius 2 is 1.90 bits per heavy atom. The summed E-state index contributed by atoms with van der Waals surface area (Å²) < 4.78 is 13.6. The molecular formula is C16H14FN3. The molecule has 1 aromatic heterocycles. The van der Waals surface area contributed by atoms with E-state index in [0.717, 1.165) is 10.8 Å². The number of nitrogens with zero attached hydrogens (tertiary/aromatic N) is 1. The second-order valence-electron chi connectivity index (χ2n) is 4.55. The van der Waals surface area contributed by atoms with E-state index in [4.69, 9.17) is 5.73 Å². The molecule has 0 fully saturated rings. The van der Waals surface area contributed by atoms with Crippen molar-refractivity contribution in [2.45, 2.75) is 6.54 Å². The van der Waals surface area contributed by atoms with Crippen molar-refractivity contribution in [2.75, 3.05) is 11.1 Å². The summed E-state index contributed by atoms with van der Waals surface area (Å²) in [5.74, 6) is 0.442. The lowest BCUT2D eigenvalue weighted by molar-refractivity contribution is 0.613. The van der Waals surface area contributed by atoms with Crippen molar-refractivity contribution in [3.8, 4) is 0 Å². The van der Waals surface area contributed by atoms with E-state index in [1.807, 2.05) is 30.3 Å². The van der Waals surface area contributed by atoms with Crippen LogP contribution in [0.1, 0.15) is 5.56 Å². The Kier molecular flexibility index (Phi) is 3.21. The molecule has 3 rings (SSSR count). The third kappa shape index (κ3) is 2.28. The number of hydrogen-bond acceptors (Lipinski definition) is 3. The molecule has 0 radical (unpaired) electrons. The van der Waals surface area contributed by atoms with E-state index in [0.29, 0.717) is 23.6 Å². The Bertz CT molecular complexity index is 750. The van der Waals surface area contributed by atoms with E-state index in [9.17, 15) is 4.39 Å². The van der Waals surface area contributed by atoms with Crippen molar-refractivity contribution in [3.63, 3.8) is 0 Å². The van der Waals surface area contributed by atoms with Crippen molar-refractivity contribution in [3.05, 3.63) is 66.1 Å². The summed E-state index contributed by atoms with van der Waals surface area (Å²) in [7, 11) is 0. The lowest BCUT2D eigenvalue weighted by Crippen LogP contribution is -2.04. The molecule has 4 heteroatoms. The number of pyridine rings is 1. The molecule has 3 nitrogen and oxygen atoms in total. The number of aromatic nitrogens is 1. The van der Waals surface area contributed by atoms with Crippen LogP contribution in [0.25, 0.3) is 10.8 Å². The molecule has 0 aliphatic carbocycles. The summed E-state index contributed by atoms with van der Waals surface area (Å²) in [6.07, 6.45) is 1.71. The van der Waals surface area contributed by atoms with Crippen LogP contribution in [-0.2, 0) is 6.54 Å². The first-order valence-electron chi connectivity index (χ1n) is 6.36. The molecule has 0 bridgehead atoms. The standard InChI is InChI=1S/C16H14FN3/c17-13-6-2-1-4-12(13)10-20-16-15-11(8-9-19-16)5-3-7-14(15)18/h1-9H,10,18H2,(H,19,20). The van der Waals surface area contributed by atoms with Crippen LogP contribution in [-0.4, -0.2) is 4.98 Å². The highest BCUT2D eigenvalue weighted by Gasteiger charge is 2.06. The van der Waals surface area contributed by atoms with Gasteiger partial charge >= 0.3 is 0 Å². The number of halogens is 1. The van der Waals surface area contributed by atoms with Gasteiger partial charge in [-0.3, -0.25) is 0 Å². The van der Waals surface area contributed by atoms with Crippen LogP contribution in [0.5, 0.6) is 0 Å². The fourth-order valence-electron chi connectivity index (χ4n) is 2.21. The van der Waals surface area contributed by atoms with Crippen LogP contribution in [0.3, 0.4) is 0 Å². The summed E-state index contributed by atoms with van der Waals surface area (Å²) in [5, 5.41) is 5.03. The monoisotopic (exact) mass is 267 g/mol. The molecule has 0 aliphatic rings. The van der Waals surface area contributed by atoms with Gasteiger partial charge in [-0.25, -0.2) is 9.37 Å². The van der Waals surface area contributed by atoms with E-state index in [-0.39, 0.29) is 5.82 Å². The fourth-order valence-corrected chi connectivity index (χ4v) is 2.21. The van der Waals surface area contributed by atoms with Crippen molar-refractivity contribution < 1.29 is 4.39 Å². The molecule has 0 spiro atoms. The zero-order valence-electron chi connectivity index (χ0n) is 10.8. The molecule has 0 atom stereocenters. The van der Waals surface area contributed by atoms with Crippen LogP contribution in [0.4, 0.5) is 15.9 Å². The number of rotatable bonds is 3. The molecule has 0 aliphatic heterocycles. The van der Waals surface area contributed by atoms with Gasteiger partial charge in [-0.2, -0.15) is 0 Å². The summed E-state index contributed by atoms with van der Waals surface area (Å²) in [5.41, 5.74) is 7.26. The number of fused-ring (bicyclic) bond motifs is 1. The van der Waals surface area contributed by atoms with Crippen LogP contribution < -0.4 is 11.1 Å². The summed E-state index contributed by atoms with van der Waals surface area (Å²) in [4.78, 5) is 4.30. The van der Waals surface area contributed by atoms with Crippen molar-refractivity contribution in [1.29, 1.82) is 0 Å². The topological polar surface area (TPSA) is 50.9 Å². The molecule has 0 saturated heterocycles. The van der Waals surface area contributed by atoms with Gasteiger partial charge in [-0.1, -0.05) is 30.3 Å². The van der Waals surface area contributed by atoms with Gasteiger partial charge in [0.15, 0.2) is 0 Å². The molecule has 20 heavy (non-hydrogen) atoms. The highest BCUT2D eigenvalue weighted by molar-refractivity contribution is 6.00. The zero-order chi connectivity index (χ0) is 13.9. The van der Waals surface area contributed by atoms with Gasteiger partial charge < -0.3 is 11.1 Å². The second kappa shape index (κ2) is 5.17. The number of benzene rings is 2. The predicted octanol–water partition coefficient (Wildman–Crippen LogP) is 3.57. The number of nitrogens with one attached hydrogen (secondary N) is 1. The number of nitrogens with two attached hydrogens (primary N) is 1. The highest BCUT2D eigenvalue weighted by atomic mass is 19.1. The molecule has 0 unspecified atom stereocenters. The van der Waals surface area contributed by atoms with Gasteiger partial charge in [0.2, 0.25) is 0 Å². The quantitative estimate of drug-likeness (QED) is 0.713. The number of anilines is 2. The molecule has 0 amide bonds. The lowest BCUT2D eigenvalue weighted by atomic mass is 10.1. The molecule has 0 saturated carbocycles. The van der Waals surface area contributed by atoms with Gasteiger partial charge in [-0.05, 0) is 23.6 Å². The van der Waals surface area contributed by atoms with Gasteiger partial charge in [0, 0.05) is 29.4 Å². The predicted molar refractivity (Wildman–Crippen MR) is 79.9 cm³/mol. The Hall–Kier alpha value is -2.62. The summed E-state index contributed by atoms with van der Waals surface area (Å²) in [6.45, 7) is 0.368. The Labute approximate surface area is 116 Å². The van der Waals surface area contributed by atoms with Gasteiger partial charge in [-0.15, -0.1) is 0 Å². The lowest BCUT2D eigenvalue weighted by Gasteiger charge is -2.11. The third-order valence-corrected chi connectivity index (χ3v) is 3.23. The molecule has 3 N–H and O–H groups in total. The Balaban J connectivity index is 1.94. The van der Waals surface area contributed by atoms with E-state index < -0.39 is 0 Å². The summed E-state index contributed by atoms with van der Waals surface area (Å²) >= 11 is 0. The van der Waals surface area contributed by atoms with Crippen LogP contribution in [0, 0.1) is 5.82 Å². The Morgan fingerprint density at radius 3 is 2.75 bits per heavy atom. The van der Waals surface area contributed by atoms with Crippen molar-refractivity contribution in [2.24, 2.45) is 0 Å². The minimum atomic E-state index is -0.229. The van der Waals surface area contributed by atoms with Crippen LogP contribution in [0.2, 0.25) is 0 Å². The van der Waals surface area contributed by atoms with Crippen LogP contribution >= 0.6 is 0 Å². The molecular weight excluding hydrogens is 253 g/mol. The zero-order valence-corrected chi connectivity index (χ0v) is 10.8. The normalized spacial score (nSPS) is 10.7. The average Bonchev–Trinajstić information content (AvgIpc) is 2.46. The van der Waals surface area contributed by atoms with E-state index in [1.54, 1.807) is 18.3 Å². The van der Waals surface area contributed by atoms with Crippen LogP contribution in [0.15, 0.2) is 54.7 Å². The maximum Gasteiger partial charge on any atom is 0.136 e. The first kappa shape index (κ1) is 12.4. The van der Waals surface area contributed by atoms with E-state index in [2.05, 4.69) is 10.3 Å². The number of hydrogen-bond donors (Lipinski definition) is 2. The third-order valence-electron chi connectivity index (χ3n) is 3.23. The molecule has 1 heterocycles. The van der Waals surface area contributed by atoms with Gasteiger partial charge in [0.1, 0.15) is 11.6 Å².